The van der Waals surface area contributed by atoms with Gasteiger partial charge in [-0.2, -0.15) is 0 Å². The molecule has 0 radical (unpaired) electrons. The summed E-state index contributed by atoms with van der Waals surface area (Å²) >= 11 is 1.21. The van der Waals surface area contributed by atoms with E-state index in [1.807, 2.05) is 19.1 Å². The average Bonchev–Trinajstić information content (AvgIpc) is 2.94. The number of hydrogen-bond donors (Lipinski definition) is 2. The molecular formula is C16H19N3O4S. The van der Waals surface area contributed by atoms with Crippen molar-refractivity contribution in [2.24, 2.45) is 0 Å². The van der Waals surface area contributed by atoms with Gasteiger partial charge in [-0.1, -0.05) is 17.3 Å². The van der Waals surface area contributed by atoms with Crippen LogP contribution in [0, 0.1) is 6.92 Å². The van der Waals surface area contributed by atoms with Crippen molar-refractivity contribution in [2.45, 2.75) is 13.8 Å². The lowest BCUT2D eigenvalue weighted by Gasteiger charge is -2.11. The third-order valence-electron chi connectivity index (χ3n) is 2.82. The number of carbonyl (C=O) groups excluding carboxylic acids is 2. The molecule has 0 aliphatic carbocycles. The third-order valence-corrected chi connectivity index (χ3v) is 3.76. The Morgan fingerprint density at radius 2 is 1.92 bits per heavy atom. The quantitative estimate of drug-likeness (QED) is 0.761. The van der Waals surface area contributed by atoms with Gasteiger partial charge in [0.05, 0.1) is 23.8 Å². The lowest BCUT2D eigenvalue weighted by Crippen LogP contribution is -2.18. The predicted octanol–water partition coefficient (Wildman–Crippen LogP) is 2.69. The molecule has 8 heteroatoms. The van der Waals surface area contributed by atoms with Crippen LogP contribution in [-0.2, 0) is 9.59 Å². The zero-order valence-corrected chi connectivity index (χ0v) is 14.3. The molecule has 2 aromatic rings. The van der Waals surface area contributed by atoms with E-state index in [-0.39, 0.29) is 23.3 Å². The molecule has 0 fully saturated rings. The monoisotopic (exact) mass is 349 g/mol. The Bertz CT molecular complexity index is 702. The number of hydrogen-bond acceptors (Lipinski definition) is 6. The number of benzene rings is 1. The molecule has 0 saturated heterocycles. The number of rotatable bonds is 8. The molecule has 2 rings (SSSR count). The molecular weight excluding hydrogens is 330 g/mol. The molecule has 1 heterocycles. The van der Waals surface area contributed by atoms with Crippen molar-refractivity contribution in [1.29, 1.82) is 0 Å². The summed E-state index contributed by atoms with van der Waals surface area (Å²) in [7, 11) is 0. The highest BCUT2D eigenvalue weighted by molar-refractivity contribution is 8.00. The summed E-state index contributed by atoms with van der Waals surface area (Å²) in [5, 5.41) is 9.05. The average molecular weight is 349 g/mol. The Kier molecular flexibility index (Phi) is 6.68. The van der Waals surface area contributed by atoms with Gasteiger partial charge >= 0.3 is 0 Å². The van der Waals surface area contributed by atoms with Crippen molar-refractivity contribution >= 4 is 35.1 Å². The second kappa shape index (κ2) is 8.97. The standard InChI is InChI=1S/C16H19N3O4S/c1-3-22-13-7-5-4-6-12(13)17-15(20)9-24-10-16(21)18-14-8-11(2)23-19-14/h4-8H,3,9-10H2,1-2H3,(H,17,20)(H,18,19,21). The summed E-state index contributed by atoms with van der Waals surface area (Å²) in [6.45, 7) is 4.13. The largest absolute Gasteiger partial charge is 0.492 e. The Morgan fingerprint density at radius 1 is 1.21 bits per heavy atom. The van der Waals surface area contributed by atoms with Crippen LogP contribution in [0.1, 0.15) is 12.7 Å². The molecule has 7 nitrogen and oxygen atoms in total. The highest BCUT2D eigenvalue weighted by Gasteiger charge is 2.10. The van der Waals surface area contributed by atoms with E-state index in [4.69, 9.17) is 9.26 Å². The third kappa shape index (κ3) is 5.62. The maximum absolute atomic E-state index is 12.0. The lowest BCUT2D eigenvalue weighted by atomic mass is 10.3. The Labute approximate surface area is 144 Å². The molecule has 128 valence electrons. The van der Waals surface area contributed by atoms with E-state index in [0.29, 0.717) is 29.6 Å². The minimum absolute atomic E-state index is 0.145. The molecule has 0 atom stereocenters. The number of ether oxygens (including phenoxy) is 1. The summed E-state index contributed by atoms with van der Waals surface area (Å²) in [5.74, 6) is 1.47. The number of aryl methyl sites for hydroxylation is 1. The minimum atomic E-state index is -0.240. The van der Waals surface area contributed by atoms with Crippen LogP contribution < -0.4 is 15.4 Å². The van der Waals surface area contributed by atoms with Gasteiger partial charge in [-0.25, -0.2) is 0 Å². The summed E-state index contributed by atoms with van der Waals surface area (Å²) in [6.07, 6.45) is 0. The summed E-state index contributed by atoms with van der Waals surface area (Å²) in [4.78, 5) is 23.7. The summed E-state index contributed by atoms with van der Waals surface area (Å²) in [5.41, 5.74) is 0.618. The Balaban J connectivity index is 1.74. The highest BCUT2D eigenvalue weighted by atomic mass is 32.2. The zero-order chi connectivity index (χ0) is 17.4. The van der Waals surface area contributed by atoms with Crippen LogP contribution in [0.5, 0.6) is 5.75 Å². The van der Waals surface area contributed by atoms with E-state index < -0.39 is 0 Å². The van der Waals surface area contributed by atoms with Gasteiger partial charge in [-0.15, -0.1) is 11.8 Å². The summed E-state index contributed by atoms with van der Waals surface area (Å²) < 4.78 is 10.3. The number of nitrogens with one attached hydrogen (secondary N) is 2. The van der Waals surface area contributed by atoms with Crippen LogP contribution in [0.2, 0.25) is 0 Å². The van der Waals surface area contributed by atoms with Gasteiger partial charge in [-0.05, 0) is 26.0 Å². The van der Waals surface area contributed by atoms with Gasteiger partial charge < -0.3 is 19.9 Å². The first-order chi connectivity index (χ1) is 11.6. The van der Waals surface area contributed by atoms with Crippen LogP contribution >= 0.6 is 11.8 Å². The molecule has 0 unspecified atom stereocenters. The van der Waals surface area contributed by atoms with E-state index in [0.717, 1.165) is 0 Å². The van der Waals surface area contributed by atoms with Gasteiger partial charge in [0.15, 0.2) is 5.82 Å². The molecule has 0 aliphatic rings. The fourth-order valence-electron chi connectivity index (χ4n) is 1.88. The van der Waals surface area contributed by atoms with E-state index in [9.17, 15) is 9.59 Å². The number of carbonyl (C=O) groups is 2. The normalized spacial score (nSPS) is 10.2. The van der Waals surface area contributed by atoms with Crippen molar-refractivity contribution in [3.05, 3.63) is 36.1 Å². The number of amides is 2. The van der Waals surface area contributed by atoms with Crippen molar-refractivity contribution in [1.82, 2.24) is 5.16 Å². The van der Waals surface area contributed by atoms with Crippen LogP contribution in [0.4, 0.5) is 11.5 Å². The van der Waals surface area contributed by atoms with Crippen LogP contribution in [0.25, 0.3) is 0 Å². The molecule has 2 amide bonds. The van der Waals surface area contributed by atoms with E-state index >= 15 is 0 Å². The first-order valence-corrected chi connectivity index (χ1v) is 8.56. The molecule has 1 aromatic carbocycles. The van der Waals surface area contributed by atoms with Gasteiger partial charge in [0.2, 0.25) is 11.8 Å². The zero-order valence-electron chi connectivity index (χ0n) is 13.5. The first kappa shape index (κ1) is 17.9. The highest BCUT2D eigenvalue weighted by Crippen LogP contribution is 2.23. The van der Waals surface area contributed by atoms with Crippen LogP contribution in [0.3, 0.4) is 0 Å². The fourth-order valence-corrected chi connectivity index (χ4v) is 2.50. The maximum Gasteiger partial charge on any atom is 0.235 e. The van der Waals surface area contributed by atoms with Gasteiger partial charge in [0, 0.05) is 6.07 Å². The van der Waals surface area contributed by atoms with E-state index in [1.54, 1.807) is 25.1 Å². The van der Waals surface area contributed by atoms with Crippen molar-refractivity contribution in [3.63, 3.8) is 0 Å². The van der Waals surface area contributed by atoms with Gasteiger partial charge in [-0.3, -0.25) is 9.59 Å². The van der Waals surface area contributed by atoms with Crippen molar-refractivity contribution in [2.75, 3.05) is 28.7 Å². The number of nitrogens with zero attached hydrogens (tertiary/aromatic N) is 1. The maximum atomic E-state index is 12.0. The molecule has 0 saturated carbocycles. The molecule has 1 aromatic heterocycles. The smallest absolute Gasteiger partial charge is 0.235 e. The number of aromatic nitrogens is 1. The van der Waals surface area contributed by atoms with Crippen molar-refractivity contribution in [3.8, 4) is 5.75 Å². The molecule has 0 aliphatic heterocycles. The van der Waals surface area contributed by atoms with Gasteiger partial charge in [0.25, 0.3) is 0 Å². The molecule has 2 N–H and O–H groups in total. The molecule has 0 bridgehead atoms. The molecule has 24 heavy (non-hydrogen) atoms. The van der Waals surface area contributed by atoms with Crippen molar-refractivity contribution < 1.29 is 18.8 Å². The fraction of sp³-hybridized carbons (Fsp3) is 0.312. The SMILES string of the molecule is CCOc1ccccc1NC(=O)CSCC(=O)Nc1cc(C)on1. The van der Waals surface area contributed by atoms with Gasteiger partial charge in [0.1, 0.15) is 11.5 Å². The number of anilines is 2. The predicted molar refractivity (Wildman–Crippen MR) is 93.4 cm³/mol. The van der Waals surface area contributed by atoms with Crippen LogP contribution in [0.15, 0.2) is 34.9 Å². The molecule has 0 spiro atoms. The Morgan fingerprint density at radius 3 is 2.58 bits per heavy atom. The second-order valence-corrected chi connectivity index (χ2v) is 5.83. The summed E-state index contributed by atoms with van der Waals surface area (Å²) in [6, 6.07) is 8.84. The number of para-hydroxylation sites is 2. The minimum Gasteiger partial charge on any atom is -0.492 e. The second-order valence-electron chi connectivity index (χ2n) is 4.84. The Hall–Kier alpha value is -2.48. The number of thioether (sulfide) groups is 1. The first-order valence-electron chi connectivity index (χ1n) is 7.41. The lowest BCUT2D eigenvalue weighted by molar-refractivity contribution is -0.114. The van der Waals surface area contributed by atoms with E-state index in [2.05, 4.69) is 15.8 Å². The topological polar surface area (TPSA) is 93.5 Å². The van der Waals surface area contributed by atoms with Crippen LogP contribution in [-0.4, -0.2) is 35.1 Å². The van der Waals surface area contributed by atoms with E-state index in [1.165, 1.54) is 11.8 Å².